The van der Waals surface area contributed by atoms with Crippen molar-refractivity contribution in [3.63, 3.8) is 0 Å². The van der Waals surface area contributed by atoms with Crippen LogP contribution in [0.5, 0.6) is 5.88 Å². The molecule has 3 aromatic heterocycles. The molecule has 0 saturated heterocycles. The summed E-state index contributed by atoms with van der Waals surface area (Å²) in [5, 5.41) is 9.71. The van der Waals surface area contributed by atoms with E-state index in [1.807, 2.05) is 12.1 Å². The third kappa shape index (κ3) is 3.07. The van der Waals surface area contributed by atoms with Crippen LogP contribution in [0, 0.1) is 13.8 Å². The van der Waals surface area contributed by atoms with E-state index in [0.717, 1.165) is 52.0 Å². The maximum absolute atomic E-state index is 9.71. The second-order valence-corrected chi connectivity index (χ2v) is 6.69. The predicted molar refractivity (Wildman–Crippen MR) is 105 cm³/mol. The number of ether oxygens (including phenoxy) is 1. The summed E-state index contributed by atoms with van der Waals surface area (Å²) in [5.41, 5.74) is 7.27. The Morgan fingerprint density at radius 1 is 1.15 bits per heavy atom. The topological polar surface area (TPSA) is 60.2 Å². The van der Waals surface area contributed by atoms with E-state index in [1.165, 1.54) is 0 Å². The zero-order valence-electron chi connectivity index (χ0n) is 16.2. The number of hydrogen-bond donors (Lipinski definition) is 1. The fraction of sp³-hybridized carbons (Fsp3) is 0.429. The maximum atomic E-state index is 9.71. The lowest BCUT2D eigenvalue weighted by Gasteiger charge is -2.16. The van der Waals surface area contributed by atoms with Crippen molar-refractivity contribution in [3.05, 3.63) is 41.2 Å². The number of hydrogen-bond acceptors (Lipinski definition) is 4. The molecule has 0 aliphatic carbocycles. The van der Waals surface area contributed by atoms with Gasteiger partial charge in [0.25, 0.3) is 0 Å². The molecule has 0 aliphatic rings. The van der Waals surface area contributed by atoms with E-state index in [0.29, 0.717) is 5.88 Å². The number of nitrogens with zero attached hydrogens (tertiary/aromatic N) is 3. The normalized spacial score (nSPS) is 12.5. The van der Waals surface area contributed by atoms with Gasteiger partial charge < -0.3 is 14.4 Å². The van der Waals surface area contributed by atoms with E-state index in [-0.39, 0.29) is 12.6 Å². The van der Waals surface area contributed by atoms with Gasteiger partial charge in [-0.25, -0.2) is 9.97 Å². The number of aliphatic hydroxyl groups is 1. The molecule has 0 aromatic carbocycles. The third-order valence-corrected chi connectivity index (χ3v) is 5.00. The summed E-state index contributed by atoms with van der Waals surface area (Å²) in [7, 11) is 1.63. The first-order valence-corrected chi connectivity index (χ1v) is 9.17. The summed E-state index contributed by atoms with van der Waals surface area (Å²) in [6.07, 6.45) is 3.79. The second-order valence-electron chi connectivity index (χ2n) is 6.69. The number of aromatic nitrogens is 3. The molecule has 3 rings (SSSR count). The van der Waals surface area contributed by atoms with Gasteiger partial charge in [0, 0.05) is 17.8 Å². The minimum absolute atomic E-state index is 0.0760. The van der Waals surface area contributed by atoms with Gasteiger partial charge in [-0.2, -0.15) is 0 Å². The highest BCUT2D eigenvalue weighted by Crippen LogP contribution is 2.32. The van der Waals surface area contributed by atoms with Gasteiger partial charge in [0.1, 0.15) is 0 Å². The Hall–Kier alpha value is -2.40. The smallest absolute Gasteiger partial charge is 0.213 e. The number of methoxy groups -OCH3 is 1. The summed E-state index contributed by atoms with van der Waals surface area (Å²) in [6, 6.07) is 6.18. The fourth-order valence-electron chi connectivity index (χ4n) is 3.49. The molecule has 5 heteroatoms. The van der Waals surface area contributed by atoms with Crippen LogP contribution in [0.3, 0.4) is 0 Å². The van der Waals surface area contributed by atoms with Crippen molar-refractivity contribution in [2.45, 2.75) is 46.6 Å². The lowest BCUT2D eigenvalue weighted by molar-refractivity contribution is 0.227. The summed E-state index contributed by atoms with van der Waals surface area (Å²) >= 11 is 0. The van der Waals surface area contributed by atoms with E-state index in [2.05, 4.69) is 49.5 Å². The van der Waals surface area contributed by atoms with Crippen molar-refractivity contribution < 1.29 is 9.84 Å². The van der Waals surface area contributed by atoms with Crippen LogP contribution in [0.25, 0.3) is 22.3 Å². The van der Waals surface area contributed by atoms with Crippen LogP contribution in [0.15, 0.2) is 24.4 Å². The van der Waals surface area contributed by atoms with E-state index in [9.17, 15) is 5.11 Å². The lowest BCUT2D eigenvalue weighted by Crippen LogP contribution is -2.11. The first kappa shape index (κ1) is 18.4. The zero-order valence-corrected chi connectivity index (χ0v) is 16.2. The summed E-state index contributed by atoms with van der Waals surface area (Å²) in [4.78, 5) is 9.59. The minimum Gasteiger partial charge on any atom is -0.481 e. The highest BCUT2D eigenvalue weighted by molar-refractivity contribution is 5.84. The molecule has 3 aromatic rings. The van der Waals surface area contributed by atoms with Crippen molar-refractivity contribution in [1.29, 1.82) is 0 Å². The SMILES string of the molecule is CCc1nc(OC)ccc1-c1nc2c(C)cn(C(CC)CO)c2cc1C. The van der Waals surface area contributed by atoms with Crippen LogP contribution in [0.2, 0.25) is 0 Å². The van der Waals surface area contributed by atoms with Crippen molar-refractivity contribution in [2.24, 2.45) is 0 Å². The van der Waals surface area contributed by atoms with Crippen molar-refractivity contribution in [1.82, 2.24) is 14.5 Å². The molecular formula is C21H27N3O2. The Balaban J connectivity index is 2.21. The predicted octanol–water partition coefficient (Wildman–Crippen LogP) is 4.23. The van der Waals surface area contributed by atoms with Gasteiger partial charge in [-0.1, -0.05) is 13.8 Å². The van der Waals surface area contributed by atoms with Crippen LogP contribution >= 0.6 is 0 Å². The molecule has 0 spiro atoms. The maximum Gasteiger partial charge on any atom is 0.213 e. The standard InChI is InChI=1S/C21H27N3O2/c1-6-15(12-25)24-11-14(4)21-18(24)10-13(3)20(23-21)16-8-9-19(26-5)22-17(16)7-2/h8-11,15,25H,6-7,12H2,1-5H3. The number of pyridine rings is 2. The number of fused-ring (bicyclic) bond motifs is 1. The summed E-state index contributed by atoms with van der Waals surface area (Å²) in [5.74, 6) is 0.625. The van der Waals surface area contributed by atoms with Gasteiger partial charge in [0.2, 0.25) is 5.88 Å². The van der Waals surface area contributed by atoms with E-state index < -0.39 is 0 Å². The van der Waals surface area contributed by atoms with Crippen molar-refractivity contribution >= 4 is 11.0 Å². The molecule has 5 nitrogen and oxygen atoms in total. The van der Waals surface area contributed by atoms with Crippen molar-refractivity contribution in [3.8, 4) is 17.1 Å². The quantitative estimate of drug-likeness (QED) is 0.720. The monoisotopic (exact) mass is 353 g/mol. The van der Waals surface area contributed by atoms with Gasteiger partial charge in [-0.3, -0.25) is 0 Å². The molecule has 0 amide bonds. The first-order valence-electron chi connectivity index (χ1n) is 9.17. The highest BCUT2D eigenvalue weighted by Gasteiger charge is 2.18. The molecule has 1 unspecified atom stereocenters. The Morgan fingerprint density at radius 2 is 1.92 bits per heavy atom. The van der Waals surface area contributed by atoms with Crippen LogP contribution in [0.1, 0.15) is 43.1 Å². The summed E-state index contributed by atoms with van der Waals surface area (Å²) in [6.45, 7) is 8.46. The molecule has 0 saturated carbocycles. The van der Waals surface area contributed by atoms with Crippen LogP contribution in [-0.2, 0) is 6.42 Å². The summed E-state index contributed by atoms with van der Waals surface area (Å²) < 4.78 is 7.42. The van der Waals surface area contributed by atoms with E-state index >= 15 is 0 Å². The molecule has 3 heterocycles. The molecule has 138 valence electrons. The lowest BCUT2D eigenvalue weighted by atomic mass is 10.0. The molecule has 0 fully saturated rings. The van der Waals surface area contributed by atoms with Gasteiger partial charge in [-0.05, 0) is 49.9 Å². The molecule has 1 N–H and O–H groups in total. The van der Waals surface area contributed by atoms with Gasteiger partial charge in [-0.15, -0.1) is 0 Å². The van der Waals surface area contributed by atoms with Gasteiger partial charge >= 0.3 is 0 Å². The third-order valence-electron chi connectivity index (χ3n) is 5.00. The van der Waals surface area contributed by atoms with E-state index in [4.69, 9.17) is 9.72 Å². The Kier molecular flexibility index (Phi) is 5.28. The molecule has 0 aliphatic heterocycles. The average molecular weight is 353 g/mol. The fourth-order valence-corrected chi connectivity index (χ4v) is 3.49. The largest absolute Gasteiger partial charge is 0.481 e. The molecule has 1 atom stereocenters. The Bertz CT molecular complexity index is 927. The molecule has 0 radical (unpaired) electrons. The molecule has 26 heavy (non-hydrogen) atoms. The average Bonchev–Trinajstić information content (AvgIpc) is 2.97. The van der Waals surface area contributed by atoms with Crippen LogP contribution in [0.4, 0.5) is 0 Å². The minimum atomic E-state index is 0.0760. The Morgan fingerprint density at radius 3 is 2.54 bits per heavy atom. The van der Waals surface area contributed by atoms with Crippen LogP contribution in [-0.4, -0.2) is 33.4 Å². The van der Waals surface area contributed by atoms with Gasteiger partial charge in [0.15, 0.2) is 0 Å². The first-order chi connectivity index (χ1) is 12.5. The van der Waals surface area contributed by atoms with Crippen molar-refractivity contribution in [2.75, 3.05) is 13.7 Å². The molecule has 0 bridgehead atoms. The second kappa shape index (κ2) is 7.46. The highest BCUT2D eigenvalue weighted by atomic mass is 16.5. The number of rotatable bonds is 6. The Labute approximate surface area is 154 Å². The zero-order chi connectivity index (χ0) is 18.8. The van der Waals surface area contributed by atoms with E-state index in [1.54, 1.807) is 7.11 Å². The van der Waals surface area contributed by atoms with Gasteiger partial charge in [0.05, 0.1) is 42.2 Å². The van der Waals surface area contributed by atoms with Crippen LogP contribution < -0.4 is 4.74 Å². The number of aryl methyl sites for hydroxylation is 3. The molecular weight excluding hydrogens is 326 g/mol. The number of aliphatic hydroxyl groups excluding tert-OH is 1.